The second-order valence-corrected chi connectivity index (χ2v) is 6.49. The van der Waals surface area contributed by atoms with Gasteiger partial charge < -0.3 is 26.4 Å². The number of aromatic nitrogens is 5. The molecule has 0 bridgehead atoms. The number of methoxy groups -OCH3 is 1. The minimum Gasteiger partial charge on any atom is -0.497 e. The van der Waals surface area contributed by atoms with E-state index >= 15 is 0 Å². The van der Waals surface area contributed by atoms with Gasteiger partial charge >= 0.3 is 6.18 Å². The van der Waals surface area contributed by atoms with Crippen molar-refractivity contribution in [3.05, 3.63) is 36.3 Å². The van der Waals surface area contributed by atoms with Crippen molar-refractivity contribution in [2.24, 2.45) is 0 Å². The number of nitrogens with zero attached hydrogens (tertiary/aromatic N) is 5. The number of nitrogens with two attached hydrogens (primary N) is 1. The van der Waals surface area contributed by atoms with Crippen LogP contribution in [0.2, 0.25) is 0 Å². The molecular formula is C18H23F4N9O2. The minimum absolute atomic E-state index is 0. The number of halogens is 4. The predicted molar refractivity (Wildman–Crippen MR) is 114 cm³/mol. The highest BCUT2D eigenvalue weighted by Gasteiger charge is 2.27. The van der Waals surface area contributed by atoms with Gasteiger partial charge in [0.25, 0.3) is 5.95 Å². The van der Waals surface area contributed by atoms with Crippen molar-refractivity contribution in [3.63, 3.8) is 0 Å². The molecule has 33 heavy (non-hydrogen) atoms. The number of carbonyl (C=O) groups is 1. The third kappa shape index (κ3) is 6.65. The molecule has 2 heterocycles. The van der Waals surface area contributed by atoms with Crippen LogP contribution in [0.4, 0.5) is 41.0 Å². The number of alkyl halides is 3. The van der Waals surface area contributed by atoms with E-state index in [-0.39, 0.29) is 39.5 Å². The molecule has 11 nitrogen and oxygen atoms in total. The van der Waals surface area contributed by atoms with E-state index in [1.54, 1.807) is 36.7 Å². The zero-order valence-electron chi connectivity index (χ0n) is 17.1. The van der Waals surface area contributed by atoms with Crippen molar-refractivity contribution in [1.82, 2.24) is 30.0 Å². The van der Waals surface area contributed by atoms with Gasteiger partial charge in [-0.05, 0) is 24.3 Å². The molecule has 0 fully saturated rings. The Labute approximate surface area is 187 Å². The van der Waals surface area contributed by atoms with E-state index in [0.29, 0.717) is 11.4 Å². The van der Waals surface area contributed by atoms with Crippen LogP contribution in [0.15, 0.2) is 30.5 Å². The average molecular weight is 473 g/mol. The summed E-state index contributed by atoms with van der Waals surface area (Å²) in [5.74, 6) is -1.40. The second kappa shape index (κ2) is 9.97. The maximum Gasteiger partial charge on any atom is 0.405 e. The molecule has 1 amide bonds. The average Bonchev–Trinajstić information content (AvgIpc) is 3.13. The summed E-state index contributed by atoms with van der Waals surface area (Å²) < 4.78 is 56.5. The highest BCUT2D eigenvalue weighted by molar-refractivity contribution is 5.76. The molecule has 3 rings (SSSR count). The number of amides is 1. The largest absolute Gasteiger partial charge is 0.497 e. The summed E-state index contributed by atoms with van der Waals surface area (Å²) in [5, 5.41) is 11.3. The van der Waals surface area contributed by atoms with Crippen LogP contribution >= 0.6 is 0 Å². The van der Waals surface area contributed by atoms with Crippen molar-refractivity contribution in [1.29, 1.82) is 0 Å². The number of hydrogen-bond donors (Lipinski definition) is 4. The van der Waals surface area contributed by atoms with Crippen molar-refractivity contribution in [2.45, 2.75) is 12.6 Å². The second-order valence-electron chi connectivity index (χ2n) is 6.49. The van der Waals surface area contributed by atoms with Crippen LogP contribution in [0.3, 0.4) is 0 Å². The van der Waals surface area contributed by atoms with E-state index in [0.717, 1.165) is 10.9 Å². The van der Waals surface area contributed by atoms with Crippen LogP contribution in [0.25, 0.3) is 5.95 Å². The van der Waals surface area contributed by atoms with Gasteiger partial charge in [0, 0.05) is 21.5 Å². The van der Waals surface area contributed by atoms with Crippen LogP contribution in [0, 0.1) is 5.82 Å². The van der Waals surface area contributed by atoms with E-state index in [1.165, 1.54) is 0 Å². The van der Waals surface area contributed by atoms with Crippen LogP contribution in [-0.2, 0) is 4.79 Å². The number of rotatable bonds is 9. The summed E-state index contributed by atoms with van der Waals surface area (Å²) in [6.45, 7) is -1.62. The zero-order valence-corrected chi connectivity index (χ0v) is 17.1. The van der Waals surface area contributed by atoms with Gasteiger partial charge in [-0.2, -0.15) is 27.8 Å². The van der Waals surface area contributed by atoms with Gasteiger partial charge in [0.2, 0.25) is 17.8 Å². The topological polar surface area (TPSA) is 145 Å². The quantitative estimate of drug-likeness (QED) is 0.344. The Morgan fingerprint density at radius 3 is 2.64 bits per heavy atom. The van der Waals surface area contributed by atoms with Gasteiger partial charge in [0.1, 0.15) is 12.3 Å². The van der Waals surface area contributed by atoms with E-state index in [4.69, 9.17) is 10.5 Å². The number of ether oxygens (including phenoxy) is 1. The molecule has 0 unspecified atom stereocenters. The van der Waals surface area contributed by atoms with E-state index in [9.17, 15) is 22.4 Å². The van der Waals surface area contributed by atoms with Crippen molar-refractivity contribution in [2.75, 3.05) is 36.6 Å². The smallest absolute Gasteiger partial charge is 0.405 e. The molecule has 5 N–H and O–H groups in total. The summed E-state index contributed by atoms with van der Waals surface area (Å²) in [5.41, 5.74) is 6.51. The lowest BCUT2D eigenvalue weighted by atomic mass is 10.3. The Morgan fingerprint density at radius 2 is 1.97 bits per heavy atom. The Hall–Kier alpha value is -4.17. The van der Waals surface area contributed by atoms with Crippen molar-refractivity contribution >= 4 is 29.3 Å². The third-order valence-electron chi connectivity index (χ3n) is 4.03. The number of nitrogen functional groups attached to an aromatic ring is 1. The fourth-order valence-corrected chi connectivity index (χ4v) is 2.49. The lowest BCUT2D eigenvalue weighted by molar-refractivity contribution is -0.138. The summed E-state index contributed by atoms with van der Waals surface area (Å²) in [6, 6.07) is 6.92. The van der Waals surface area contributed by atoms with Gasteiger partial charge in [0.15, 0.2) is 11.6 Å². The monoisotopic (exact) mass is 473 g/mol. The first-order chi connectivity index (χ1) is 15.6. The van der Waals surface area contributed by atoms with Crippen LogP contribution in [0.5, 0.6) is 5.75 Å². The summed E-state index contributed by atoms with van der Waals surface area (Å²) >= 11 is 0. The Bertz CT molecular complexity index is 1110. The molecular weight excluding hydrogens is 450 g/mol. The molecule has 3 aromatic rings. The molecule has 0 aliphatic heterocycles. The summed E-state index contributed by atoms with van der Waals surface area (Å²) in [7, 11) is 1.54. The normalized spacial score (nSPS) is 11.2. The first-order valence-electron chi connectivity index (χ1n) is 9.38. The Balaban J connectivity index is 0.00000306. The fraction of sp³-hybridized carbons (Fsp3) is 0.278. The molecule has 0 spiro atoms. The SMILES string of the molecule is COc1ccc(Nc2nc(N)n(-c3ncc(F)c(NCCC(=O)NCC(F)(F)F)n3)n2)cc1.[HH].[HH]. The van der Waals surface area contributed by atoms with Crippen molar-refractivity contribution in [3.8, 4) is 11.7 Å². The fourth-order valence-electron chi connectivity index (χ4n) is 2.49. The summed E-state index contributed by atoms with van der Waals surface area (Å²) in [4.78, 5) is 23.3. The molecule has 0 aliphatic carbocycles. The van der Waals surface area contributed by atoms with E-state index < -0.39 is 24.4 Å². The number of benzene rings is 1. The maximum absolute atomic E-state index is 14.0. The molecule has 0 aliphatic rings. The minimum atomic E-state index is -4.52. The van der Waals surface area contributed by atoms with Gasteiger partial charge in [-0.15, -0.1) is 5.10 Å². The Kier molecular flexibility index (Phi) is 7.10. The molecule has 0 saturated carbocycles. The van der Waals surface area contributed by atoms with Gasteiger partial charge in [-0.25, -0.2) is 9.37 Å². The van der Waals surface area contributed by atoms with Gasteiger partial charge in [-0.1, -0.05) is 0 Å². The third-order valence-corrected chi connectivity index (χ3v) is 4.03. The number of carbonyl (C=O) groups excluding carboxylic acids is 1. The molecule has 0 radical (unpaired) electrons. The predicted octanol–water partition coefficient (Wildman–Crippen LogP) is 2.50. The number of nitrogens with one attached hydrogen (secondary N) is 3. The van der Waals surface area contributed by atoms with Crippen molar-refractivity contribution < 1.29 is 29.9 Å². The lowest BCUT2D eigenvalue weighted by Crippen LogP contribution is -2.34. The molecule has 0 atom stereocenters. The van der Waals surface area contributed by atoms with Crippen LogP contribution in [-0.4, -0.2) is 57.0 Å². The van der Waals surface area contributed by atoms with Gasteiger partial charge in [-0.3, -0.25) is 4.79 Å². The standard InChI is InChI=1S/C18H19F4N9O2.2H2/c1-33-11-4-2-10(3-5-11)27-16-29-15(23)31(30-16)17-25-8-12(19)14(28-17)24-7-6-13(32)26-9-18(20,21)22;;/h2-5,8H,6-7,9H2,1H3,(H,26,32)(H,24,25,28)(H3,23,27,29,30);2*1H. The highest BCUT2D eigenvalue weighted by Crippen LogP contribution is 2.20. The molecule has 1 aromatic carbocycles. The van der Waals surface area contributed by atoms with E-state index in [2.05, 4.69) is 30.7 Å². The lowest BCUT2D eigenvalue weighted by Gasteiger charge is -2.10. The van der Waals surface area contributed by atoms with Crippen LogP contribution < -0.4 is 26.4 Å². The molecule has 15 heteroatoms. The zero-order chi connectivity index (χ0) is 24.0. The maximum atomic E-state index is 14.0. The first kappa shape index (κ1) is 23.5. The number of hydrogen-bond acceptors (Lipinski definition) is 9. The summed E-state index contributed by atoms with van der Waals surface area (Å²) in [6.07, 6.45) is -4.00. The number of anilines is 4. The molecule has 180 valence electrons. The molecule has 2 aromatic heterocycles. The Morgan fingerprint density at radius 1 is 1.24 bits per heavy atom. The van der Waals surface area contributed by atoms with Gasteiger partial charge in [0.05, 0.1) is 13.3 Å². The molecule has 0 saturated heterocycles. The van der Waals surface area contributed by atoms with E-state index in [1.807, 2.05) is 0 Å². The first-order valence-corrected chi connectivity index (χ1v) is 9.38. The highest BCUT2D eigenvalue weighted by atomic mass is 19.4. The van der Waals surface area contributed by atoms with Crippen LogP contribution in [0.1, 0.15) is 9.27 Å².